The van der Waals surface area contributed by atoms with E-state index in [1.54, 1.807) is 26.0 Å². The molecule has 10 heteroatoms. The first-order valence-electron chi connectivity index (χ1n) is 8.08. The van der Waals surface area contributed by atoms with Crippen molar-refractivity contribution in [1.82, 2.24) is 15.2 Å². The number of hydrogen-bond donors (Lipinski definition) is 2. The summed E-state index contributed by atoms with van der Waals surface area (Å²) in [5.74, 6) is 0.296. The van der Waals surface area contributed by atoms with Gasteiger partial charge in [-0.1, -0.05) is 25.2 Å². The highest BCUT2D eigenvalue weighted by Crippen LogP contribution is 2.36. The fourth-order valence-corrected chi connectivity index (χ4v) is 3.19. The number of ether oxygens (including phenoxy) is 1. The van der Waals surface area contributed by atoms with Gasteiger partial charge in [0.25, 0.3) is 5.91 Å². The Morgan fingerprint density at radius 3 is 2.77 bits per heavy atom. The van der Waals surface area contributed by atoms with E-state index in [1.807, 2.05) is 13.8 Å². The number of anilines is 3. The smallest absolute Gasteiger partial charge is 0.272 e. The summed E-state index contributed by atoms with van der Waals surface area (Å²) in [6.07, 6.45) is 0. The van der Waals surface area contributed by atoms with Crippen LogP contribution in [-0.4, -0.2) is 39.1 Å². The zero-order valence-electron chi connectivity index (χ0n) is 14.9. The van der Waals surface area contributed by atoms with Gasteiger partial charge in [0.1, 0.15) is 17.4 Å². The number of nitrogens with two attached hydrogens (primary N) is 1. The normalized spacial score (nSPS) is 15.6. The second kappa shape index (κ2) is 6.52. The van der Waals surface area contributed by atoms with E-state index in [0.717, 1.165) is 5.01 Å². The second-order valence-corrected chi connectivity index (χ2v) is 7.72. The molecule has 1 aliphatic heterocycles. The highest BCUT2D eigenvalue weighted by Gasteiger charge is 2.42. The van der Waals surface area contributed by atoms with Gasteiger partial charge >= 0.3 is 0 Å². The van der Waals surface area contributed by atoms with Gasteiger partial charge in [0.2, 0.25) is 11.0 Å². The van der Waals surface area contributed by atoms with Gasteiger partial charge in [0.05, 0.1) is 0 Å². The van der Waals surface area contributed by atoms with Crippen LogP contribution >= 0.6 is 11.3 Å². The molecule has 2 aromatic heterocycles. The predicted octanol–water partition coefficient (Wildman–Crippen LogP) is 1.78. The SMILES string of the molecule is CC(C)c1nnc(NC(=O)CN2C(=O)C(C)(C)Oc3ccc(N)nc32)s1. The van der Waals surface area contributed by atoms with Gasteiger partial charge in [-0.15, -0.1) is 10.2 Å². The van der Waals surface area contributed by atoms with Crippen LogP contribution in [-0.2, 0) is 9.59 Å². The van der Waals surface area contributed by atoms with E-state index in [0.29, 0.717) is 10.9 Å². The van der Waals surface area contributed by atoms with Crippen molar-refractivity contribution in [3.05, 3.63) is 17.1 Å². The van der Waals surface area contributed by atoms with Gasteiger partial charge in [0, 0.05) is 5.92 Å². The lowest BCUT2D eigenvalue weighted by Crippen LogP contribution is -2.54. The van der Waals surface area contributed by atoms with Crippen molar-refractivity contribution < 1.29 is 14.3 Å². The van der Waals surface area contributed by atoms with Crippen molar-refractivity contribution >= 4 is 39.9 Å². The van der Waals surface area contributed by atoms with Crippen molar-refractivity contribution in [2.45, 2.75) is 39.2 Å². The number of nitrogen functional groups attached to an aromatic ring is 1. The Balaban J connectivity index is 1.82. The highest BCUT2D eigenvalue weighted by atomic mass is 32.1. The molecule has 0 aromatic carbocycles. The van der Waals surface area contributed by atoms with Crippen LogP contribution in [0.1, 0.15) is 38.6 Å². The molecule has 138 valence electrons. The quantitative estimate of drug-likeness (QED) is 0.833. The van der Waals surface area contributed by atoms with E-state index >= 15 is 0 Å². The minimum absolute atomic E-state index is 0.221. The summed E-state index contributed by atoms with van der Waals surface area (Å²) < 4.78 is 5.69. The van der Waals surface area contributed by atoms with Crippen molar-refractivity contribution in [2.24, 2.45) is 0 Å². The minimum Gasteiger partial charge on any atom is -0.474 e. The van der Waals surface area contributed by atoms with Crippen molar-refractivity contribution in [1.29, 1.82) is 0 Å². The molecule has 0 fully saturated rings. The number of amides is 2. The van der Waals surface area contributed by atoms with Gasteiger partial charge in [-0.25, -0.2) is 4.98 Å². The molecule has 0 saturated carbocycles. The predicted molar refractivity (Wildman–Crippen MR) is 98.3 cm³/mol. The van der Waals surface area contributed by atoms with E-state index < -0.39 is 11.5 Å². The van der Waals surface area contributed by atoms with Crippen LogP contribution < -0.4 is 20.7 Å². The average molecular weight is 376 g/mol. The number of hydrogen-bond acceptors (Lipinski definition) is 8. The molecular formula is C16H20N6O3S. The van der Waals surface area contributed by atoms with Crippen molar-refractivity contribution in [3.63, 3.8) is 0 Å². The van der Waals surface area contributed by atoms with Crippen molar-refractivity contribution in [2.75, 3.05) is 22.5 Å². The van der Waals surface area contributed by atoms with Gasteiger partial charge in [-0.3, -0.25) is 19.8 Å². The number of nitrogens with zero attached hydrogens (tertiary/aromatic N) is 4. The van der Waals surface area contributed by atoms with Gasteiger partial charge in [-0.2, -0.15) is 0 Å². The molecule has 0 saturated heterocycles. The van der Waals surface area contributed by atoms with E-state index in [-0.39, 0.29) is 30.0 Å². The molecule has 3 heterocycles. The van der Waals surface area contributed by atoms with E-state index in [2.05, 4.69) is 20.5 Å². The maximum atomic E-state index is 12.7. The van der Waals surface area contributed by atoms with Crippen LogP contribution in [0, 0.1) is 0 Å². The maximum absolute atomic E-state index is 12.7. The number of carbonyl (C=O) groups excluding carboxylic acids is 2. The third kappa shape index (κ3) is 3.45. The lowest BCUT2D eigenvalue weighted by molar-refractivity contribution is -0.133. The Morgan fingerprint density at radius 1 is 1.38 bits per heavy atom. The molecule has 0 radical (unpaired) electrons. The Hall–Kier alpha value is -2.75. The first kappa shape index (κ1) is 18.1. The standard InChI is InChI=1S/C16H20N6O3S/c1-8(2)13-20-21-15(26-13)19-11(23)7-22-12-9(5-6-10(17)18-12)25-16(3,4)14(22)24/h5-6,8H,7H2,1-4H3,(H2,17,18)(H,19,21,23). The molecule has 3 rings (SSSR count). The van der Waals surface area contributed by atoms with Crippen LogP contribution in [0.15, 0.2) is 12.1 Å². The Morgan fingerprint density at radius 2 is 2.12 bits per heavy atom. The summed E-state index contributed by atoms with van der Waals surface area (Å²) >= 11 is 1.30. The van der Waals surface area contributed by atoms with Crippen LogP contribution in [0.2, 0.25) is 0 Å². The van der Waals surface area contributed by atoms with Crippen LogP contribution in [0.5, 0.6) is 5.75 Å². The van der Waals surface area contributed by atoms with Gasteiger partial charge in [-0.05, 0) is 26.0 Å². The second-order valence-electron chi connectivity index (χ2n) is 6.71. The molecule has 2 amide bonds. The van der Waals surface area contributed by atoms with E-state index in [9.17, 15) is 9.59 Å². The molecule has 0 atom stereocenters. The first-order valence-corrected chi connectivity index (χ1v) is 8.90. The number of rotatable bonds is 4. The molecule has 9 nitrogen and oxygen atoms in total. The lowest BCUT2D eigenvalue weighted by atomic mass is 10.1. The van der Waals surface area contributed by atoms with Gasteiger partial charge in [0.15, 0.2) is 17.2 Å². The summed E-state index contributed by atoms with van der Waals surface area (Å²) in [7, 11) is 0. The molecule has 1 aliphatic rings. The Kier molecular flexibility index (Phi) is 4.53. The molecule has 3 N–H and O–H groups in total. The fraction of sp³-hybridized carbons (Fsp3) is 0.438. The number of fused-ring (bicyclic) bond motifs is 1. The molecule has 0 unspecified atom stereocenters. The summed E-state index contributed by atoms with van der Waals surface area (Å²) in [5.41, 5.74) is 4.61. The largest absolute Gasteiger partial charge is 0.474 e. The van der Waals surface area contributed by atoms with E-state index in [1.165, 1.54) is 16.2 Å². The summed E-state index contributed by atoms with van der Waals surface area (Å²) in [4.78, 5) is 30.6. The lowest BCUT2D eigenvalue weighted by Gasteiger charge is -2.37. The third-order valence-corrected chi connectivity index (χ3v) is 4.86. The molecule has 26 heavy (non-hydrogen) atoms. The summed E-state index contributed by atoms with van der Waals surface area (Å²) in [6.45, 7) is 7.03. The highest BCUT2D eigenvalue weighted by molar-refractivity contribution is 7.15. The summed E-state index contributed by atoms with van der Waals surface area (Å²) in [5, 5.41) is 11.9. The maximum Gasteiger partial charge on any atom is 0.272 e. The Labute approximate surface area is 154 Å². The Bertz CT molecular complexity index is 863. The molecule has 0 aliphatic carbocycles. The number of aromatic nitrogens is 3. The van der Waals surface area contributed by atoms with Gasteiger partial charge < -0.3 is 10.5 Å². The first-order chi connectivity index (χ1) is 12.2. The number of carbonyl (C=O) groups is 2. The van der Waals surface area contributed by atoms with Crippen LogP contribution in [0.3, 0.4) is 0 Å². The zero-order chi connectivity index (χ0) is 19.1. The fourth-order valence-electron chi connectivity index (χ4n) is 2.43. The zero-order valence-corrected chi connectivity index (χ0v) is 15.8. The third-order valence-electron chi connectivity index (χ3n) is 3.72. The number of nitrogens with one attached hydrogen (secondary N) is 1. The van der Waals surface area contributed by atoms with Crippen molar-refractivity contribution in [3.8, 4) is 5.75 Å². The molecule has 0 spiro atoms. The average Bonchev–Trinajstić information content (AvgIpc) is 3.01. The molecule has 0 bridgehead atoms. The monoisotopic (exact) mass is 376 g/mol. The minimum atomic E-state index is -1.11. The van der Waals surface area contributed by atoms with Crippen LogP contribution in [0.4, 0.5) is 16.8 Å². The molecule has 2 aromatic rings. The number of pyridine rings is 1. The molecular weight excluding hydrogens is 356 g/mol. The van der Waals surface area contributed by atoms with Crippen LogP contribution in [0.25, 0.3) is 0 Å². The summed E-state index contributed by atoms with van der Waals surface area (Å²) in [6, 6.07) is 3.22. The topological polar surface area (TPSA) is 123 Å². The van der Waals surface area contributed by atoms with E-state index in [4.69, 9.17) is 10.5 Å².